The van der Waals surface area contributed by atoms with Crippen LogP contribution in [-0.2, 0) is 6.42 Å². The van der Waals surface area contributed by atoms with E-state index in [1.165, 1.54) is 23.5 Å². The van der Waals surface area contributed by atoms with Crippen LogP contribution in [0, 0.1) is 5.82 Å². The zero-order valence-corrected chi connectivity index (χ0v) is 9.85. The second-order valence-corrected chi connectivity index (χ2v) is 4.66. The molecule has 0 radical (unpaired) electrons. The van der Waals surface area contributed by atoms with Gasteiger partial charge >= 0.3 is 0 Å². The molecule has 1 aromatic heterocycles. The number of nitrogens with two attached hydrogens (primary N) is 1. The van der Waals surface area contributed by atoms with E-state index in [-0.39, 0.29) is 5.82 Å². The monoisotopic (exact) mass is 257 g/mol. The Labute approximate surface area is 101 Å². The smallest absolute Gasteiger partial charge is 0.150 e. The van der Waals surface area contributed by atoms with Crippen LogP contribution in [0.4, 0.5) is 4.39 Å². The Balaban J connectivity index is 2.38. The molecule has 0 atom stereocenters. The van der Waals surface area contributed by atoms with Gasteiger partial charge in [-0.1, -0.05) is 22.9 Å². The van der Waals surface area contributed by atoms with Gasteiger partial charge in [0, 0.05) is 17.0 Å². The number of hydrogen-bond donors (Lipinski definition) is 1. The number of halogens is 2. The molecule has 84 valence electrons. The summed E-state index contributed by atoms with van der Waals surface area (Å²) < 4.78 is 13.5. The summed E-state index contributed by atoms with van der Waals surface area (Å²) in [5.74, 6) is -0.347. The molecule has 0 saturated heterocycles. The van der Waals surface area contributed by atoms with Gasteiger partial charge in [0.15, 0.2) is 5.01 Å². The van der Waals surface area contributed by atoms with Crippen molar-refractivity contribution in [3.8, 4) is 10.6 Å². The second kappa shape index (κ2) is 4.86. The van der Waals surface area contributed by atoms with E-state index >= 15 is 0 Å². The topological polar surface area (TPSA) is 51.8 Å². The molecule has 16 heavy (non-hydrogen) atoms. The van der Waals surface area contributed by atoms with Crippen molar-refractivity contribution in [3.05, 3.63) is 34.0 Å². The van der Waals surface area contributed by atoms with Crippen molar-refractivity contribution < 1.29 is 4.39 Å². The molecule has 0 fully saturated rings. The Morgan fingerprint density at radius 2 is 2.19 bits per heavy atom. The molecule has 0 spiro atoms. The minimum Gasteiger partial charge on any atom is -0.330 e. The minimum absolute atomic E-state index is 0.347. The van der Waals surface area contributed by atoms with E-state index < -0.39 is 0 Å². The highest BCUT2D eigenvalue weighted by Gasteiger charge is 2.11. The van der Waals surface area contributed by atoms with Gasteiger partial charge in [0.1, 0.15) is 10.8 Å². The van der Waals surface area contributed by atoms with E-state index in [4.69, 9.17) is 17.3 Å². The van der Waals surface area contributed by atoms with Crippen LogP contribution in [-0.4, -0.2) is 16.7 Å². The van der Waals surface area contributed by atoms with Gasteiger partial charge in [-0.05, 0) is 24.7 Å². The van der Waals surface area contributed by atoms with E-state index in [1.54, 1.807) is 6.07 Å². The molecule has 0 bridgehead atoms. The fourth-order valence-corrected chi connectivity index (χ4v) is 2.29. The Kier molecular flexibility index (Phi) is 3.48. The molecule has 0 unspecified atom stereocenters. The van der Waals surface area contributed by atoms with Gasteiger partial charge in [-0.25, -0.2) is 4.39 Å². The van der Waals surface area contributed by atoms with Crippen LogP contribution in [0.3, 0.4) is 0 Å². The molecule has 0 aliphatic heterocycles. The summed E-state index contributed by atoms with van der Waals surface area (Å²) in [6, 6.07) is 4.37. The summed E-state index contributed by atoms with van der Waals surface area (Å²) in [7, 11) is 0. The van der Waals surface area contributed by atoms with E-state index in [0.717, 1.165) is 5.01 Å². The summed E-state index contributed by atoms with van der Waals surface area (Å²) in [6.07, 6.45) is 0.653. The lowest BCUT2D eigenvalue weighted by molar-refractivity contribution is 0.631. The fourth-order valence-electron chi connectivity index (χ4n) is 1.25. The van der Waals surface area contributed by atoms with Crippen molar-refractivity contribution in [1.82, 2.24) is 10.2 Å². The van der Waals surface area contributed by atoms with Crippen LogP contribution >= 0.6 is 22.9 Å². The Morgan fingerprint density at radius 1 is 1.38 bits per heavy atom. The maximum absolute atomic E-state index is 13.5. The van der Waals surface area contributed by atoms with E-state index in [9.17, 15) is 4.39 Å². The van der Waals surface area contributed by atoms with Crippen LogP contribution in [0.1, 0.15) is 5.01 Å². The van der Waals surface area contributed by atoms with Crippen molar-refractivity contribution in [3.63, 3.8) is 0 Å². The van der Waals surface area contributed by atoms with Crippen LogP contribution in [0.5, 0.6) is 0 Å². The Morgan fingerprint density at radius 3 is 2.94 bits per heavy atom. The molecule has 2 rings (SSSR count). The Bertz CT molecular complexity index is 501. The van der Waals surface area contributed by atoms with Crippen molar-refractivity contribution in [2.75, 3.05) is 6.54 Å². The highest BCUT2D eigenvalue weighted by Crippen LogP contribution is 2.28. The van der Waals surface area contributed by atoms with Crippen LogP contribution < -0.4 is 5.73 Å². The molecule has 0 aliphatic rings. The normalized spacial score (nSPS) is 10.7. The zero-order valence-electron chi connectivity index (χ0n) is 8.28. The SMILES string of the molecule is NCCc1nnc(-c2cc(Cl)ccc2F)s1. The van der Waals surface area contributed by atoms with Crippen LogP contribution in [0.25, 0.3) is 10.6 Å². The summed E-state index contributed by atoms with van der Waals surface area (Å²) in [5.41, 5.74) is 5.79. The van der Waals surface area contributed by atoms with Gasteiger partial charge in [-0.15, -0.1) is 10.2 Å². The minimum atomic E-state index is -0.347. The van der Waals surface area contributed by atoms with Crippen LogP contribution in [0.2, 0.25) is 5.02 Å². The third-order valence-corrected chi connectivity index (χ3v) is 3.24. The number of rotatable bonds is 3. The lowest BCUT2D eigenvalue weighted by Gasteiger charge is -1.98. The number of hydrogen-bond acceptors (Lipinski definition) is 4. The fraction of sp³-hybridized carbons (Fsp3) is 0.200. The first-order valence-electron chi connectivity index (χ1n) is 4.68. The predicted molar refractivity (Wildman–Crippen MR) is 63.1 cm³/mol. The number of nitrogens with zero attached hydrogens (tertiary/aromatic N) is 2. The molecule has 1 heterocycles. The highest BCUT2D eigenvalue weighted by molar-refractivity contribution is 7.14. The average Bonchev–Trinajstić information content (AvgIpc) is 2.71. The maximum Gasteiger partial charge on any atom is 0.150 e. The third kappa shape index (κ3) is 2.37. The predicted octanol–water partition coefficient (Wildman–Crippen LogP) is 2.50. The summed E-state index contributed by atoms with van der Waals surface area (Å²) in [4.78, 5) is 0. The molecule has 1 aromatic carbocycles. The molecular weight excluding hydrogens is 249 g/mol. The molecule has 0 amide bonds. The first-order chi connectivity index (χ1) is 7.70. The van der Waals surface area contributed by atoms with Crippen molar-refractivity contribution in [2.24, 2.45) is 5.73 Å². The van der Waals surface area contributed by atoms with Crippen molar-refractivity contribution in [2.45, 2.75) is 6.42 Å². The van der Waals surface area contributed by atoms with Gasteiger partial charge in [0.2, 0.25) is 0 Å². The van der Waals surface area contributed by atoms with E-state index in [0.29, 0.717) is 28.6 Å². The number of benzene rings is 1. The van der Waals surface area contributed by atoms with Gasteiger partial charge < -0.3 is 5.73 Å². The van der Waals surface area contributed by atoms with Crippen molar-refractivity contribution in [1.29, 1.82) is 0 Å². The van der Waals surface area contributed by atoms with Crippen LogP contribution in [0.15, 0.2) is 18.2 Å². The van der Waals surface area contributed by atoms with Gasteiger partial charge in [-0.2, -0.15) is 0 Å². The molecular formula is C10H9ClFN3S. The van der Waals surface area contributed by atoms with Gasteiger partial charge in [-0.3, -0.25) is 0 Å². The Hall–Kier alpha value is -1.04. The first kappa shape index (κ1) is 11.4. The molecule has 2 aromatic rings. The summed E-state index contributed by atoms with van der Waals surface area (Å²) in [5, 5.41) is 9.67. The first-order valence-corrected chi connectivity index (χ1v) is 5.88. The number of aromatic nitrogens is 2. The zero-order chi connectivity index (χ0) is 11.5. The third-order valence-electron chi connectivity index (χ3n) is 1.98. The lowest BCUT2D eigenvalue weighted by Crippen LogP contribution is -2.01. The highest BCUT2D eigenvalue weighted by atomic mass is 35.5. The van der Waals surface area contributed by atoms with Gasteiger partial charge in [0.05, 0.1) is 0 Å². The lowest BCUT2D eigenvalue weighted by atomic mass is 10.2. The summed E-state index contributed by atoms with van der Waals surface area (Å²) in [6.45, 7) is 0.507. The summed E-state index contributed by atoms with van der Waals surface area (Å²) >= 11 is 7.14. The molecule has 3 nitrogen and oxygen atoms in total. The quantitative estimate of drug-likeness (QED) is 0.919. The average molecular weight is 258 g/mol. The van der Waals surface area contributed by atoms with Gasteiger partial charge in [0.25, 0.3) is 0 Å². The second-order valence-electron chi connectivity index (χ2n) is 3.16. The van der Waals surface area contributed by atoms with E-state index in [1.807, 2.05) is 0 Å². The molecule has 0 aliphatic carbocycles. The van der Waals surface area contributed by atoms with Crippen molar-refractivity contribution >= 4 is 22.9 Å². The molecule has 2 N–H and O–H groups in total. The molecule has 6 heteroatoms. The molecule has 0 saturated carbocycles. The van der Waals surface area contributed by atoms with E-state index in [2.05, 4.69) is 10.2 Å². The maximum atomic E-state index is 13.5. The largest absolute Gasteiger partial charge is 0.330 e. The standard InChI is InChI=1S/C10H9ClFN3S/c11-6-1-2-8(12)7(5-6)10-15-14-9(16-10)3-4-13/h1-2,5H,3-4,13H2.